The van der Waals surface area contributed by atoms with Gasteiger partial charge in [0.2, 0.25) is 0 Å². The van der Waals surface area contributed by atoms with E-state index >= 15 is 0 Å². The van der Waals surface area contributed by atoms with Gasteiger partial charge < -0.3 is 27.9 Å². The zero-order valence-corrected chi connectivity index (χ0v) is 43.4. The number of rotatable bonds is 49. The predicted molar refractivity (Wildman–Crippen MR) is 273 cm³/mol. The van der Waals surface area contributed by atoms with Gasteiger partial charge in [0.1, 0.15) is 19.3 Å². The second-order valence-corrected chi connectivity index (χ2v) is 20.3. The second kappa shape index (κ2) is 47.7. The standard InChI is InChI=1S/C55H102NO7P/c1-6-8-10-12-14-16-18-20-22-24-26-28-30-32-34-36-38-40-42-44-46-48-55(57)63-54(53-62-64(58,59)61-51-49-56(3,4)5)52-60-50-47-45-43-41-39-37-35-33-31-29-27-25-23-21-19-17-15-13-11-9-7-2/h8,10,14,16,20,22,26,28,32,34,54H,6-7,9,11-13,15,17-19,21,23-25,27,29-31,33,35-53H2,1-5H3/b10-8-,16-14-,22-20-,28-26-,34-32-. The van der Waals surface area contributed by atoms with Crippen LogP contribution in [0.2, 0.25) is 0 Å². The Morgan fingerprint density at radius 3 is 1.36 bits per heavy atom. The number of likely N-dealkylation sites (N-methyl/N-ethyl adjacent to an activating group) is 1. The fraction of sp³-hybridized carbons (Fsp3) is 0.800. The van der Waals surface area contributed by atoms with Crippen molar-refractivity contribution in [3.05, 3.63) is 60.8 Å². The highest BCUT2D eigenvalue weighted by Crippen LogP contribution is 2.38. The monoisotopic (exact) mass is 920 g/mol. The Morgan fingerprint density at radius 2 is 0.906 bits per heavy atom. The first-order valence-electron chi connectivity index (χ1n) is 26.5. The number of hydrogen-bond acceptors (Lipinski definition) is 7. The number of carbonyl (C=O) groups is 1. The minimum absolute atomic E-state index is 0.0209. The third-order valence-electron chi connectivity index (χ3n) is 11.3. The van der Waals surface area contributed by atoms with Crippen molar-refractivity contribution in [2.24, 2.45) is 0 Å². The van der Waals surface area contributed by atoms with Crippen LogP contribution in [0.25, 0.3) is 0 Å². The molecule has 0 bridgehead atoms. The van der Waals surface area contributed by atoms with Crippen molar-refractivity contribution in [3.8, 4) is 0 Å². The lowest BCUT2D eigenvalue weighted by molar-refractivity contribution is -0.870. The number of nitrogens with zero attached hydrogens (tertiary/aromatic N) is 1. The Bertz CT molecular complexity index is 1210. The van der Waals surface area contributed by atoms with Crippen LogP contribution in [-0.4, -0.2) is 70.7 Å². The molecule has 0 aliphatic heterocycles. The van der Waals surface area contributed by atoms with Crippen molar-refractivity contribution in [2.45, 2.75) is 232 Å². The molecular formula is C55H102NO7P. The molecule has 9 heteroatoms. The number of allylic oxidation sites excluding steroid dienone is 10. The zero-order chi connectivity index (χ0) is 46.9. The van der Waals surface area contributed by atoms with Crippen LogP contribution in [0.5, 0.6) is 0 Å². The lowest BCUT2D eigenvalue weighted by atomic mass is 10.0. The van der Waals surface area contributed by atoms with Crippen molar-refractivity contribution >= 4 is 13.8 Å². The summed E-state index contributed by atoms with van der Waals surface area (Å²) in [6, 6.07) is 0. The number of esters is 1. The normalized spacial score (nSPS) is 14.0. The van der Waals surface area contributed by atoms with Crippen LogP contribution in [0.1, 0.15) is 226 Å². The van der Waals surface area contributed by atoms with Gasteiger partial charge in [0.25, 0.3) is 7.82 Å². The van der Waals surface area contributed by atoms with Gasteiger partial charge in [-0.1, -0.05) is 222 Å². The molecule has 0 N–H and O–H groups in total. The molecule has 0 aromatic heterocycles. The first kappa shape index (κ1) is 62.2. The van der Waals surface area contributed by atoms with Crippen molar-refractivity contribution < 1.29 is 37.3 Å². The summed E-state index contributed by atoms with van der Waals surface area (Å²) in [7, 11) is 1.34. The van der Waals surface area contributed by atoms with Crippen LogP contribution in [0.15, 0.2) is 60.8 Å². The van der Waals surface area contributed by atoms with Crippen LogP contribution in [-0.2, 0) is 27.9 Å². The van der Waals surface area contributed by atoms with E-state index in [2.05, 4.69) is 74.6 Å². The van der Waals surface area contributed by atoms with E-state index in [0.29, 0.717) is 24.1 Å². The molecule has 2 unspecified atom stereocenters. The highest BCUT2D eigenvalue weighted by Gasteiger charge is 2.20. The quantitative estimate of drug-likeness (QED) is 0.0197. The number of hydrogen-bond donors (Lipinski definition) is 0. The average molecular weight is 920 g/mol. The van der Waals surface area contributed by atoms with E-state index in [0.717, 1.165) is 83.5 Å². The molecule has 0 rings (SSSR count). The van der Waals surface area contributed by atoms with Gasteiger partial charge >= 0.3 is 5.97 Å². The number of carbonyl (C=O) groups excluding carboxylic acids is 1. The van der Waals surface area contributed by atoms with Gasteiger partial charge in [-0.2, -0.15) is 0 Å². The molecule has 64 heavy (non-hydrogen) atoms. The molecule has 2 atom stereocenters. The van der Waals surface area contributed by atoms with Crippen molar-refractivity contribution in [1.82, 2.24) is 0 Å². The van der Waals surface area contributed by atoms with E-state index < -0.39 is 13.9 Å². The van der Waals surface area contributed by atoms with Crippen LogP contribution < -0.4 is 4.89 Å². The molecule has 0 saturated carbocycles. The maximum absolute atomic E-state index is 12.8. The summed E-state index contributed by atoms with van der Waals surface area (Å²) in [4.78, 5) is 25.2. The number of phosphoric acid groups is 1. The summed E-state index contributed by atoms with van der Waals surface area (Å²) in [6.07, 6.45) is 61.0. The molecule has 0 spiro atoms. The van der Waals surface area contributed by atoms with Gasteiger partial charge in [-0.25, -0.2) is 0 Å². The van der Waals surface area contributed by atoms with Crippen molar-refractivity contribution in [3.63, 3.8) is 0 Å². The van der Waals surface area contributed by atoms with Gasteiger partial charge in [-0.15, -0.1) is 0 Å². The van der Waals surface area contributed by atoms with E-state index in [1.807, 2.05) is 21.1 Å². The second-order valence-electron chi connectivity index (χ2n) is 18.9. The first-order chi connectivity index (χ1) is 31.1. The van der Waals surface area contributed by atoms with Gasteiger partial charge in [0.15, 0.2) is 0 Å². The maximum Gasteiger partial charge on any atom is 0.306 e. The van der Waals surface area contributed by atoms with Crippen LogP contribution in [0.3, 0.4) is 0 Å². The molecule has 0 aliphatic carbocycles. The SMILES string of the molecule is CC/C=C\C/C=C\C/C=C\C/C=C\C/C=C\CCCCCCCC(=O)OC(COCCCCCCCCCCCCCCCCCCCCCCC)COP(=O)([O-])OCC[N+](C)(C)C. The van der Waals surface area contributed by atoms with Gasteiger partial charge in [-0.3, -0.25) is 9.36 Å². The largest absolute Gasteiger partial charge is 0.756 e. The Labute approximate surface area is 396 Å². The summed E-state index contributed by atoms with van der Waals surface area (Å²) in [5, 5.41) is 0. The lowest BCUT2D eigenvalue weighted by Crippen LogP contribution is -2.37. The number of unbranched alkanes of at least 4 members (excludes halogenated alkanes) is 25. The summed E-state index contributed by atoms with van der Waals surface area (Å²) < 4.78 is 34.8. The maximum atomic E-state index is 12.8. The highest BCUT2D eigenvalue weighted by atomic mass is 31.2. The molecule has 0 aromatic rings. The van der Waals surface area contributed by atoms with E-state index in [4.69, 9.17) is 18.5 Å². The number of phosphoric ester groups is 1. The smallest absolute Gasteiger partial charge is 0.306 e. The highest BCUT2D eigenvalue weighted by molar-refractivity contribution is 7.45. The third-order valence-corrected chi connectivity index (χ3v) is 12.3. The number of ether oxygens (including phenoxy) is 2. The molecule has 0 radical (unpaired) electrons. The fourth-order valence-corrected chi connectivity index (χ4v) is 8.01. The zero-order valence-electron chi connectivity index (χ0n) is 42.5. The van der Waals surface area contributed by atoms with E-state index in [1.54, 1.807) is 0 Å². The minimum atomic E-state index is -4.54. The minimum Gasteiger partial charge on any atom is -0.756 e. The van der Waals surface area contributed by atoms with Gasteiger partial charge in [0, 0.05) is 13.0 Å². The Balaban J connectivity index is 4.16. The molecule has 0 fully saturated rings. The van der Waals surface area contributed by atoms with E-state index in [1.165, 1.54) is 122 Å². The van der Waals surface area contributed by atoms with Gasteiger partial charge in [0.05, 0.1) is 34.4 Å². The molecular weight excluding hydrogens is 818 g/mol. The molecule has 8 nitrogen and oxygen atoms in total. The molecule has 0 heterocycles. The topological polar surface area (TPSA) is 94.1 Å². The summed E-state index contributed by atoms with van der Waals surface area (Å²) in [6.45, 7) is 5.30. The molecule has 0 saturated heterocycles. The molecule has 0 aromatic carbocycles. The molecule has 0 amide bonds. The number of quaternary nitrogens is 1. The summed E-state index contributed by atoms with van der Waals surface area (Å²) in [5.74, 6) is -0.350. The fourth-order valence-electron chi connectivity index (χ4n) is 7.28. The molecule has 374 valence electrons. The summed E-state index contributed by atoms with van der Waals surface area (Å²) >= 11 is 0. The van der Waals surface area contributed by atoms with E-state index in [-0.39, 0.29) is 25.8 Å². The van der Waals surface area contributed by atoms with Crippen molar-refractivity contribution in [2.75, 3.05) is 54.1 Å². The Morgan fingerprint density at radius 1 is 0.500 bits per heavy atom. The average Bonchev–Trinajstić information content (AvgIpc) is 3.25. The Kier molecular flexibility index (Phi) is 46.3. The van der Waals surface area contributed by atoms with Crippen LogP contribution >= 0.6 is 7.82 Å². The predicted octanol–water partition coefficient (Wildman–Crippen LogP) is 15.8. The van der Waals surface area contributed by atoms with Crippen LogP contribution in [0.4, 0.5) is 0 Å². The summed E-state index contributed by atoms with van der Waals surface area (Å²) in [5.41, 5.74) is 0. The molecule has 0 aliphatic rings. The van der Waals surface area contributed by atoms with Crippen molar-refractivity contribution in [1.29, 1.82) is 0 Å². The third kappa shape index (κ3) is 51.2. The van der Waals surface area contributed by atoms with E-state index in [9.17, 15) is 14.3 Å². The van der Waals surface area contributed by atoms with Crippen LogP contribution in [0, 0.1) is 0 Å². The lowest BCUT2D eigenvalue weighted by Gasteiger charge is -2.28. The Hall–Kier alpha value is -1.80. The van der Waals surface area contributed by atoms with Gasteiger partial charge in [-0.05, 0) is 57.8 Å². The first-order valence-corrected chi connectivity index (χ1v) is 28.0.